The lowest BCUT2D eigenvalue weighted by Crippen LogP contribution is -2.06. The number of hydrogen-bond acceptors (Lipinski definition) is 1. The van der Waals surface area contributed by atoms with E-state index in [1.165, 1.54) is 12.0 Å². The van der Waals surface area contributed by atoms with E-state index in [-0.39, 0.29) is 0 Å². The van der Waals surface area contributed by atoms with Gasteiger partial charge < -0.3 is 5.73 Å². The van der Waals surface area contributed by atoms with Crippen LogP contribution >= 0.6 is 0 Å². The molecular weight excluding hydrogens is 146 g/mol. The van der Waals surface area contributed by atoms with Crippen LogP contribution in [0, 0.1) is 5.41 Å². The summed E-state index contributed by atoms with van der Waals surface area (Å²) in [7, 11) is 0. The van der Waals surface area contributed by atoms with Gasteiger partial charge >= 0.3 is 0 Å². The molecule has 72 valence electrons. The summed E-state index contributed by atoms with van der Waals surface area (Å²) in [6.45, 7) is 9.79. The van der Waals surface area contributed by atoms with Crippen molar-refractivity contribution in [3.63, 3.8) is 0 Å². The van der Waals surface area contributed by atoms with Gasteiger partial charge in [-0.15, -0.1) is 0 Å². The van der Waals surface area contributed by atoms with E-state index in [0.29, 0.717) is 5.41 Å². The lowest BCUT2D eigenvalue weighted by atomic mass is 9.87. The van der Waals surface area contributed by atoms with Crippen LogP contribution in [0.5, 0.6) is 0 Å². The molecule has 2 N–H and O–H groups in total. The fourth-order valence-electron chi connectivity index (χ4n) is 1.22. The monoisotopic (exact) mass is 169 g/mol. The van der Waals surface area contributed by atoms with E-state index in [1.54, 1.807) is 0 Å². The number of rotatable bonds is 5. The second-order valence-corrected chi connectivity index (χ2v) is 4.23. The second-order valence-electron chi connectivity index (χ2n) is 4.23. The Labute approximate surface area is 77.0 Å². The summed E-state index contributed by atoms with van der Waals surface area (Å²) < 4.78 is 0. The molecule has 0 aliphatic heterocycles. The molecule has 0 saturated heterocycles. The van der Waals surface area contributed by atoms with Gasteiger partial charge in [0.1, 0.15) is 0 Å². The van der Waals surface area contributed by atoms with Crippen LogP contribution in [0.25, 0.3) is 0 Å². The highest BCUT2D eigenvalue weighted by molar-refractivity contribution is 5.04. The fraction of sp³-hybridized carbons (Fsp3) is 0.818. The number of nitrogens with two attached hydrogens (primary N) is 1. The van der Waals surface area contributed by atoms with Gasteiger partial charge in [-0.05, 0) is 38.1 Å². The Kier molecular flexibility index (Phi) is 5.23. The predicted octanol–water partition coefficient (Wildman–Crippen LogP) is 3.11. The Hall–Kier alpha value is -0.300. The average Bonchev–Trinajstić information content (AvgIpc) is 2.00. The summed E-state index contributed by atoms with van der Waals surface area (Å²) in [5.41, 5.74) is 7.28. The van der Waals surface area contributed by atoms with Gasteiger partial charge in [0.05, 0.1) is 0 Å². The summed E-state index contributed by atoms with van der Waals surface area (Å²) in [6, 6.07) is 0. The largest absolute Gasteiger partial charge is 0.330 e. The molecule has 0 fully saturated rings. The lowest BCUT2D eigenvalue weighted by Gasteiger charge is -2.18. The minimum atomic E-state index is 0.360. The Morgan fingerprint density at radius 3 is 2.42 bits per heavy atom. The Bertz CT molecular complexity index is 145. The summed E-state index contributed by atoms with van der Waals surface area (Å²) in [5.74, 6) is 0. The molecule has 0 bridgehead atoms. The molecule has 0 aromatic heterocycles. The first-order chi connectivity index (χ1) is 5.52. The molecule has 0 unspecified atom stereocenters. The van der Waals surface area contributed by atoms with Gasteiger partial charge in [-0.2, -0.15) is 0 Å². The van der Waals surface area contributed by atoms with Crippen molar-refractivity contribution in [3.8, 4) is 0 Å². The first-order valence-electron chi connectivity index (χ1n) is 4.90. The second kappa shape index (κ2) is 5.36. The molecule has 0 saturated carbocycles. The Morgan fingerprint density at radius 2 is 2.00 bits per heavy atom. The third-order valence-corrected chi connectivity index (χ3v) is 2.32. The third kappa shape index (κ3) is 5.36. The maximum Gasteiger partial charge on any atom is -0.00742 e. The van der Waals surface area contributed by atoms with Crippen molar-refractivity contribution in [1.82, 2.24) is 0 Å². The predicted molar refractivity (Wildman–Crippen MR) is 56.1 cm³/mol. The van der Waals surface area contributed by atoms with Gasteiger partial charge in [0.2, 0.25) is 0 Å². The van der Waals surface area contributed by atoms with Crippen LogP contribution in [0.3, 0.4) is 0 Å². The summed E-state index contributed by atoms with van der Waals surface area (Å²) in [6.07, 6.45) is 5.84. The minimum Gasteiger partial charge on any atom is -0.330 e. The zero-order valence-corrected chi connectivity index (χ0v) is 8.98. The molecule has 1 heteroatoms. The molecule has 0 radical (unpaired) electrons. The smallest absolute Gasteiger partial charge is 0.00742 e. The molecule has 0 aromatic carbocycles. The van der Waals surface area contributed by atoms with Gasteiger partial charge in [-0.1, -0.05) is 32.4 Å². The van der Waals surface area contributed by atoms with Crippen molar-refractivity contribution in [2.45, 2.75) is 47.0 Å². The quantitative estimate of drug-likeness (QED) is 0.629. The maximum absolute atomic E-state index is 5.45. The van der Waals surface area contributed by atoms with Crippen LogP contribution < -0.4 is 5.73 Å². The molecular formula is C11H23N. The Balaban J connectivity index is 3.96. The third-order valence-electron chi connectivity index (χ3n) is 2.32. The average molecular weight is 169 g/mol. The highest BCUT2D eigenvalue weighted by atomic mass is 14.5. The molecule has 0 rings (SSSR count). The van der Waals surface area contributed by atoms with Crippen molar-refractivity contribution >= 4 is 0 Å². The SMILES string of the molecule is CCC(C)(C)/C=C(\C)CCCN. The molecule has 0 aromatic rings. The molecule has 0 aliphatic carbocycles. The fourth-order valence-corrected chi connectivity index (χ4v) is 1.22. The van der Waals surface area contributed by atoms with Crippen LogP contribution in [0.1, 0.15) is 47.0 Å². The zero-order chi connectivity index (χ0) is 9.61. The standard InChI is InChI=1S/C11H23N/c1-5-11(3,4)9-10(2)7-6-8-12/h9H,5-8,12H2,1-4H3/b10-9+. The molecule has 0 spiro atoms. The topological polar surface area (TPSA) is 26.0 Å². The van der Waals surface area contributed by atoms with Crippen molar-refractivity contribution in [2.75, 3.05) is 6.54 Å². The lowest BCUT2D eigenvalue weighted by molar-refractivity contribution is 0.457. The summed E-state index contributed by atoms with van der Waals surface area (Å²) >= 11 is 0. The van der Waals surface area contributed by atoms with Crippen LogP contribution in [0.4, 0.5) is 0 Å². The van der Waals surface area contributed by atoms with Crippen molar-refractivity contribution in [1.29, 1.82) is 0 Å². The van der Waals surface area contributed by atoms with E-state index in [0.717, 1.165) is 19.4 Å². The van der Waals surface area contributed by atoms with E-state index in [1.807, 2.05) is 0 Å². The first kappa shape index (κ1) is 11.7. The van der Waals surface area contributed by atoms with E-state index in [9.17, 15) is 0 Å². The highest BCUT2D eigenvalue weighted by Gasteiger charge is 2.10. The van der Waals surface area contributed by atoms with Gasteiger partial charge in [-0.3, -0.25) is 0 Å². The van der Waals surface area contributed by atoms with Gasteiger partial charge in [-0.25, -0.2) is 0 Å². The Morgan fingerprint density at radius 1 is 1.42 bits per heavy atom. The molecule has 0 aliphatic rings. The van der Waals surface area contributed by atoms with Gasteiger partial charge in [0.15, 0.2) is 0 Å². The zero-order valence-electron chi connectivity index (χ0n) is 8.98. The molecule has 0 atom stereocenters. The number of allylic oxidation sites excluding steroid dienone is 2. The van der Waals surface area contributed by atoms with Gasteiger partial charge in [0, 0.05) is 0 Å². The van der Waals surface area contributed by atoms with Crippen molar-refractivity contribution in [2.24, 2.45) is 11.1 Å². The minimum absolute atomic E-state index is 0.360. The molecule has 0 heterocycles. The molecule has 12 heavy (non-hydrogen) atoms. The van der Waals surface area contributed by atoms with Crippen LogP contribution in [-0.4, -0.2) is 6.54 Å². The van der Waals surface area contributed by atoms with Crippen molar-refractivity contribution < 1.29 is 0 Å². The van der Waals surface area contributed by atoms with Gasteiger partial charge in [0.25, 0.3) is 0 Å². The summed E-state index contributed by atoms with van der Waals surface area (Å²) in [5, 5.41) is 0. The van der Waals surface area contributed by atoms with Crippen LogP contribution in [-0.2, 0) is 0 Å². The van der Waals surface area contributed by atoms with E-state index in [2.05, 4.69) is 33.8 Å². The normalized spacial score (nSPS) is 13.6. The van der Waals surface area contributed by atoms with E-state index < -0.39 is 0 Å². The van der Waals surface area contributed by atoms with E-state index >= 15 is 0 Å². The maximum atomic E-state index is 5.45. The molecule has 1 nitrogen and oxygen atoms in total. The van der Waals surface area contributed by atoms with Crippen LogP contribution in [0.2, 0.25) is 0 Å². The number of hydrogen-bond donors (Lipinski definition) is 1. The first-order valence-corrected chi connectivity index (χ1v) is 4.90. The van der Waals surface area contributed by atoms with Crippen LogP contribution in [0.15, 0.2) is 11.6 Å². The van der Waals surface area contributed by atoms with Crippen molar-refractivity contribution in [3.05, 3.63) is 11.6 Å². The highest BCUT2D eigenvalue weighted by Crippen LogP contribution is 2.24. The molecule has 0 amide bonds. The van der Waals surface area contributed by atoms with E-state index in [4.69, 9.17) is 5.73 Å². The summed E-state index contributed by atoms with van der Waals surface area (Å²) in [4.78, 5) is 0.